The molecule has 1 aliphatic carbocycles. The van der Waals surface area contributed by atoms with Gasteiger partial charge in [0, 0.05) is 17.1 Å². The first kappa shape index (κ1) is 12.6. The number of benzene rings is 1. The van der Waals surface area contributed by atoms with Crippen LogP contribution >= 0.6 is 11.6 Å². The van der Waals surface area contributed by atoms with Crippen molar-refractivity contribution in [2.24, 2.45) is 0 Å². The molecule has 1 aromatic carbocycles. The maximum atomic E-state index is 11.0. The molecule has 0 spiro atoms. The molecule has 1 aliphatic rings. The summed E-state index contributed by atoms with van der Waals surface area (Å²) in [4.78, 5) is 22.8. The summed E-state index contributed by atoms with van der Waals surface area (Å²) in [7, 11) is 0. The Morgan fingerprint density at radius 3 is 2.72 bits per heavy atom. The number of carboxylic acids is 1. The Labute approximate surface area is 108 Å². The zero-order valence-corrected chi connectivity index (χ0v) is 10.1. The molecule has 1 saturated carbocycles. The van der Waals surface area contributed by atoms with Gasteiger partial charge >= 0.3 is 5.97 Å². The summed E-state index contributed by atoms with van der Waals surface area (Å²) in [6, 6.07) is 4.23. The number of hydrogen-bond donors (Lipinski definition) is 1. The maximum absolute atomic E-state index is 11.0. The van der Waals surface area contributed by atoms with Gasteiger partial charge in [0.2, 0.25) is 0 Å². The molecule has 0 aliphatic heterocycles. The zero-order chi connectivity index (χ0) is 13.3. The van der Waals surface area contributed by atoms with E-state index >= 15 is 0 Å². The van der Waals surface area contributed by atoms with Crippen LogP contribution in [0.15, 0.2) is 18.2 Å². The molecule has 96 valence electrons. The van der Waals surface area contributed by atoms with E-state index in [2.05, 4.69) is 0 Å². The molecule has 0 heterocycles. The second-order valence-corrected chi connectivity index (χ2v) is 4.58. The lowest BCUT2D eigenvalue weighted by molar-refractivity contribution is -0.384. The summed E-state index contributed by atoms with van der Waals surface area (Å²) < 4.78 is 0. The quantitative estimate of drug-likeness (QED) is 0.655. The largest absolute Gasteiger partial charge is 0.480 e. The predicted molar refractivity (Wildman–Crippen MR) is 66.1 cm³/mol. The Bertz CT molecular complexity index is 502. The summed E-state index contributed by atoms with van der Waals surface area (Å²) in [6.07, 6.45) is 1.69. The summed E-state index contributed by atoms with van der Waals surface area (Å²) in [5.74, 6) is -1.02. The van der Waals surface area contributed by atoms with Crippen LogP contribution in [-0.2, 0) is 4.79 Å². The van der Waals surface area contributed by atoms with E-state index < -0.39 is 10.9 Å². The van der Waals surface area contributed by atoms with Crippen molar-refractivity contribution in [3.8, 4) is 0 Å². The molecule has 0 radical (unpaired) electrons. The van der Waals surface area contributed by atoms with Gasteiger partial charge in [-0.3, -0.25) is 14.9 Å². The van der Waals surface area contributed by atoms with Crippen LogP contribution in [-0.4, -0.2) is 28.6 Å². The van der Waals surface area contributed by atoms with Gasteiger partial charge in [-0.1, -0.05) is 11.6 Å². The minimum atomic E-state index is -1.02. The minimum Gasteiger partial charge on any atom is -0.480 e. The molecule has 1 N–H and O–H groups in total. The highest BCUT2D eigenvalue weighted by Gasteiger charge is 2.34. The van der Waals surface area contributed by atoms with Crippen molar-refractivity contribution in [3.05, 3.63) is 33.3 Å². The maximum Gasteiger partial charge on any atom is 0.323 e. The van der Waals surface area contributed by atoms with Crippen LogP contribution in [0.1, 0.15) is 12.8 Å². The van der Waals surface area contributed by atoms with Gasteiger partial charge in [0.05, 0.1) is 4.92 Å². The van der Waals surface area contributed by atoms with Crippen LogP contribution in [0.2, 0.25) is 5.02 Å². The number of halogens is 1. The van der Waals surface area contributed by atoms with Gasteiger partial charge in [-0.15, -0.1) is 0 Å². The van der Waals surface area contributed by atoms with E-state index in [1.165, 1.54) is 23.1 Å². The molecular formula is C11H11ClN2O4. The number of carboxylic acid groups (broad SMARTS) is 1. The fourth-order valence-electron chi connectivity index (χ4n) is 1.82. The second kappa shape index (κ2) is 4.81. The number of carbonyl (C=O) groups is 1. The topological polar surface area (TPSA) is 83.7 Å². The first-order valence-electron chi connectivity index (χ1n) is 5.41. The monoisotopic (exact) mass is 270 g/mol. The minimum absolute atomic E-state index is 0.0540. The molecule has 18 heavy (non-hydrogen) atoms. The van der Waals surface area contributed by atoms with Crippen molar-refractivity contribution in [2.45, 2.75) is 18.9 Å². The average molecular weight is 271 g/mol. The predicted octanol–water partition coefficient (Wildman–Crippen LogP) is 2.30. The van der Waals surface area contributed by atoms with Gasteiger partial charge in [-0.25, -0.2) is 0 Å². The van der Waals surface area contributed by atoms with Crippen molar-refractivity contribution in [3.63, 3.8) is 0 Å². The third-order valence-corrected chi connectivity index (χ3v) is 2.97. The van der Waals surface area contributed by atoms with Crippen LogP contribution in [0, 0.1) is 10.1 Å². The summed E-state index contributed by atoms with van der Waals surface area (Å²) in [5, 5.41) is 20.2. The Morgan fingerprint density at radius 2 is 2.22 bits per heavy atom. The van der Waals surface area contributed by atoms with Crippen LogP contribution in [0.5, 0.6) is 0 Å². The highest BCUT2D eigenvalue weighted by Crippen LogP contribution is 2.38. The van der Waals surface area contributed by atoms with Gasteiger partial charge in [-0.05, 0) is 25.0 Å². The summed E-state index contributed by atoms with van der Waals surface area (Å²) >= 11 is 5.83. The molecular weight excluding hydrogens is 260 g/mol. The molecule has 0 atom stereocenters. The van der Waals surface area contributed by atoms with Gasteiger partial charge in [0.15, 0.2) is 0 Å². The molecule has 0 amide bonds. The van der Waals surface area contributed by atoms with E-state index in [4.69, 9.17) is 16.7 Å². The van der Waals surface area contributed by atoms with Crippen LogP contribution < -0.4 is 4.90 Å². The molecule has 6 nitrogen and oxygen atoms in total. The number of rotatable bonds is 5. The Hall–Kier alpha value is -1.82. The first-order chi connectivity index (χ1) is 8.49. The lowest BCUT2D eigenvalue weighted by Crippen LogP contribution is -2.32. The molecule has 7 heteroatoms. The fraction of sp³-hybridized carbons (Fsp3) is 0.364. The van der Waals surface area contributed by atoms with Gasteiger partial charge in [0.1, 0.15) is 12.2 Å². The van der Waals surface area contributed by atoms with Crippen molar-refractivity contribution < 1.29 is 14.8 Å². The van der Waals surface area contributed by atoms with Crippen molar-refractivity contribution >= 4 is 28.9 Å². The van der Waals surface area contributed by atoms with E-state index in [9.17, 15) is 14.9 Å². The molecule has 2 rings (SSSR count). The number of nitro groups is 1. The summed E-state index contributed by atoms with van der Waals surface area (Å²) in [5.41, 5.74) is 0.157. The average Bonchev–Trinajstić information content (AvgIpc) is 3.08. The first-order valence-corrected chi connectivity index (χ1v) is 5.79. The molecule has 1 fully saturated rings. The number of anilines is 1. The van der Waals surface area contributed by atoms with Crippen molar-refractivity contribution in [1.29, 1.82) is 0 Å². The molecule has 1 aromatic rings. The van der Waals surface area contributed by atoms with Crippen molar-refractivity contribution in [1.82, 2.24) is 0 Å². The second-order valence-electron chi connectivity index (χ2n) is 4.14. The normalized spacial score (nSPS) is 14.3. The number of hydrogen-bond acceptors (Lipinski definition) is 4. The van der Waals surface area contributed by atoms with E-state index in [0.717, 1.165) is 12.8 Å². The van der Waals surface area contributed by atoms with Crippen molar-refractivity contribution in [2.75, 3.05) is 11.4 Å². The number of aliphatic carboxylic acids is 1. The van der Waals surface area contributed by atoms with Crippen LogP contribution in [0.3, 0.4) is 0 Å². The Balaban J connectivity index is 2.41. The highest BCUT2D eigenvalue weighted by molar-refractivity contribution is 6.31. The molecule has 0 aromatic heterocycles. The molecule has 0 unspecified atom stereocenters. The van der Waals surface area contributed by atoms with Gasteiger partial charge < -0.3 is 10.0 Å². The van der Waals surface area contributed by atoms with E-state index in [1.807, 2.05) is 0 Å². The molecule has 0 saturated heterocycles. The number of nitro benzene ring substituents is 1. The third kappa shape index (κ3) is 2.70. The Kier molecular flexibility index (Phi) is 3.38. The standard InChI is InChI=1S/C11H11ClN2O4/c12-7-1-4-9(14(17)18)10(5-7)13(6-11(15)16)8-2-3-8/h1,4-5,8H,2-3,6H2,(H,15,16). The summed E-state index contributed by atoms with van der Waals surface area (Å²) in [6.45, 7) is -0.258. The van der Waals surface area contributed by atoms with Crippen LogP contribution in [0.25, 0.3) is 0 Å². The number of nitrogens with zero attached hydrogens (tertiary/aromatic N) is 2. The third-order valence-electron chi connectivity index (χ3n) is 2.74. The van der Waals surface area contributed by atoms with E-state index in [1.54, 1.807) is 0 Å². The zero-order valence-electron chi connectivity index (χ0n) is 9.38. The smallest absolute Gasteiger partial charge is 0.323 e. The molecule has 0 bridgehead atoms. The fourth-order valence-corrected chi connectivity index (χ4v) is 1.99. The van der Waals surface area contributed by atoms with Gasteiger partial charge in [0.25, 0.3) is 5.69 Å². The van der Waals surface area contributed by atoms with Crippen LogP contribution in [0.4, 0.5) is 11.4 Å². The Morgan fingerprint density at radius 1 is 1.56 bits per heavy atom. The van der Waals surface area contributed by atoms with E-state index in [0.29, 0.717) is 5.02 Å². The van der Waals surface area contributed by atoms with Gasteiger partial charge in [-0.2, -0.15) is 0 Å². The lowest BCUT2D eigenvalue weighted by Gasteiger charge is -2.22. The highest BCUT2D eigenvalue weighted by atomic mass is 35.5. The lowest BCUT2D eigenvalue weighted by atomic mass is 10.2. The van der Waals surface area contributed by atoms with E-state index in [-0.39, 0.29) is 24.0 Å². The SMILES string of the molecule is O=C(O)CN(c1cc(Cl)ccc1[N+](=O)[O-])C1CC1.